The summed E-state index contributed by atoms with van der Waals surface area (Å²) in [5.41, 5.74) is 0.835. The Bertz CT molecular complexity index is 1080. The van der Waals surface area contributed by atoms with Crippen LogP contribution in [-0.2, 0) is 16.1 Å². The third kappa shape index (κ3) is 6.47. The molecule has 4 amide bonds. The number of benzene rings is 1. The molecule has 1 aliphatic heterocycles. The highest BCUT2D eigenvalue weighted by Gasteiger charge is 2.43. The van der Waals surface area contributed by atoms with Crippen molar-refractivity contribution in [1.82, 2.24) is 20.1 Å². The van der Waals surface area contributed by atoms with Crippen LogP contribution in [0.15, 0.2) is 48.8 Å². The van der Waals surface area contributed by atoms with Gasteiger partial charge >= 0.3 is 6.09 Å². The van der Waals surface area contributed by atoms with E-state index in [0.717, 1.165) is 10.5 Å². The minimum atomic E-state index is -0.935. The Labute approximate surface area is 211 Å². The van der Waals surface area contributed by atoms with Crippen molar-refractivity contribution in [1.29, 1.82) is 0 Å². The molecule has 0 saturated heterocycles. The van der Waals surface area contributed by atoms with Crippen molar-refractivity contribution < 1.29 is 23.9 Å². The molecule has 2 heterocycles. The van der Waals surface area contributed by atoms with Crippen LogP contribution < -0.4 is 5.32 Å². The zero-order valence-corrected chi connectivity index (χ0v) is 21.5. The fourth-order valence-electron chi connectivity index (χ4n) is 4.04. The summed E-state index contributed by atoms with van der Waals surface area (Å²) in [5, 5.41) is 2.84. The number of carbonyl (C=O) groups is 4. The van der Waals surface area contributed by atoms with E-state index in [-0.39, 0.29) is 12.5 Å². The molecule has 0 radical (unpaired) electrons. The topological polar surface area (TPSA) is 109 Å². The van der Waals surface area contributed by atoms with Gasteiger partial charge in [-0.05, 0) is 56.9 Å². The summed E-state index contributed by atoms with van der Waals surface area (Å²) < 4.78 is 5.54. The van der Waals surface area contributed by atoms with Gasteiger partial charge in [-0.3, -0.25) is 24.3 Å². The van der Waals surface area contributed by atoms with Crippen LogP contribution in [0.5, 0.6) is 0 Å². The van der Waals surface area contributed by atoms with Crippen LogP contribution in [0.1, 0.15) is 67.3 Å². The molecule has 9 heteroatoms. The average Bonchev–Trinajstić information content (AvgIpc) is 3.06. The molecule has 2 aromatic rings. The molecule has 192 valence electrons. The lowest BCUT2D eigenvalue weighted by atomic mass is 10.0. The first-order chi connectivity index (χ1) is 17.0. The van der Waals surface area contributed by atoms with Crippen LogP contribution in [0.25, 0.3) is 0 Å². The molecule has 1 aromatic carbocycles. The van der Waals surface area contributed by atoms with E-state index in [4.69, 9.17) is 4.74 Å². The van der Waals surface area contributed by atoms with Crippen LogP contribution in [0, 0.1) is 5.92 Å². The first kappa shape index (κ1) is 26.8. The number of amides is 4. The number of imide groups is 1. The van der Waals surface area contributed by atoms with E-state index >= 15 is 0 Å². The molecule has 0 saturated carbocycles. The van der Waals surface area contributed by atoms with Crippen molar-refractivity contribution in [2.24, 2.45) is 5.92 Å². The van der Waals surface area contributed by atoms with Gasteiger partial charge in [-0.1, -0.05) is 32.0 Å². The number of aromatic nitrogens is 1. The molecule has 1 aromatic heterocycles. The van der Waals surface area contributed by atoms with Crippen LogP contribution in [0.2, 0.25) is 0 Å². The minimum absolute atomic E-state index is 0.261. The average molecular weight is 495 g/mol. The minimum Gasteiger partial charge on any atom is -0.444 e. The van der Waals surface area contributed by atoms with Gasteiger partial charge in [0.05, 0.1) is 17.7 Å². The second kappa shape index (κ2) is 11.3. The van der Waals surface area contributed by atoms with Gasteiger partial charge in [-0.2, -0.15) is 0 Å². The summed E-state index contributed by atoms with van der Waals surface area (Å²) in [6.45, 7) is 9.93. The number of nitrogens with zero attached hydrogens (tertiary/aromatic N) is 3. The van der Waals surface area contributed by atoms with Crippen molar-refractivity contribution in [2.45, 2.75) is 59.2 Å². The molecule has 3 rings (SSSR count). The van der Waals surface area contributed by atoms with E-state index in [9.17, 15) is 19.2 Å². The molecule has 1 N–H and O–H groups in total. The molecule has 0 spiro atoms. The second-order valence-electron chi connectivity index (χ2n) is 10.1. The summed E-state index contributed by atoms with van der Waals surface area (Å²) in [4.78, 5) is 58.4. The number of carbonyl (C=O) groups excluding carboxylic acids is 4. The number of hydrogen-bond acceptors (Lipinski definition) is 6. The summed E-state index contributed by atoms with van der Waals surface area (Å²) >= 11 is 0. The van der Waals surface area contributed by atoms with E-state index in [0.29, 0.717) is 30.6 Å². The number of rotatable bonds is 9. The maximum absolute atomic E-state index is 13.1. The van der Waals surface area contributed by atoms with Crippen molar-refractivity contribution in [3.05, 3.63) is 65.5 Å². The predicted molar refractivity (Wildman–Crippen MR) is 134 cm³/mol. The number of fused-ring (bicyclic) bond motifs is 1. The van der Waals surface area contributed by atoms with Crippen molar-refractivity contribution in [3.63, 3.8) is 0 Å². The van der Waals surface area contributed by atoms with Crippen LogP contribution in [0.3, 0.4) is 0 Å². The summed E-state index contributed by atoms with van der Waals surface area (Å²) in [6.07, 6.45) is 3.35. The van der Waals surface area contributed by atoms with E-state index in [1.165, 1.54) is 0 Å². The molecule has 1 atom stereocenters. The van der Waals surface area contributed by atoms with E-state index in [1.54, 1.807) is 82.2 Å². The lowest BCUT2D eigenvalue weighted by molar-refractivity contribution is -0.126. The molecule has 0 aliphatic carbocycles. The van der Waals surface area contributed by atoms with Gasteiger partial charge < -0.3 is 15.0 Å². The van der Waals surface area contributed by atoms with E-state index < -0.39 is 35.5 Å². The monoisotopic (exact) mass is 494 g/mol. The normalized spacial score (nSPS) is 14.0. The molecule has 36 heavy (non-hydrogen) atoms. The summed E-state index contributed by atoms with van der Waals surface area (Å²) in [7, 11) is 0. The van der Waals surface area contributed by atoms with Crippen LogP contribution in [0.4, 0.5) is 4.79 Å². The predicted octanol–water partition coefficient (Wildman–Crippen LogP) is 3.65. The Morgan fingerprint density at radius 2 is 1.69 bits per heavy atom. The number of hydrogen-bond donors (Lipinski definition) is 1. The summed E-state index contributed by atoms with van der Waals surface area (Å²) in [6, 6.07) is 9.32. The van der Waals surface area contributed by atoms with Gasteiger partial charge in [0.25, 0.3) is 11.8 Å². The SMILES string of the molecule is CC(C)C(C(=O)NCCCN(Cc1cccnc1)C(=O)OC(C)(C)C)N1C(=O)c2ccccc2C1=O. The Balaban J connectivity index is 1.62. The Kier molecular flexibility index (Phi) is 8.45. The molecule has 9 nitrogen and oxygen atoms in total. The molecule has 1 unspecified atom stereocenters. The molecular formula is C27H34N4O5. The largest absolute Gasteiger partial charge is 0.444 e. The lowest BCUT2D eigenvalue weighted by Crippen LogP contribution is -2.52. The van der Waals surface area contributed by atoms with Gasteiger partial charge in [0.2, 0.25) is 5.91 Å². The molecule has 1 aliphatic rings. The molecule has 0 fully saturated rings. The van der Waals surface area contributed by atoms with Gasteiger partial charge in [0, 0.05) is 25.5 Å². The van der Waals surface area contributed by atoms with E-state index in [1.807, 2.05) is 6.07 Å². The smallest absolute Gasteiger partial charge is 0.410 e. The second-order valence-corrected chi connectivity index (χ2v) is 10.1. The molecule has 0 bridgehead atoms. The Hall–Kier alpha value is -3.75. The van der Waals surface area contributed by atoms with Gasteiger partial charge in [0.15, 0.2) is 0 Å². The third-order valence-corrected chi connectivity index (χ3v) is 5.66. The fraction of sp³-hybridized carbons (Fsp3) is 0.444. The zero-order chi connectivity index (χ0) is 26.5. The maximum Gasteiger partial charge on any atom is 0.410 e. The van der Waals surface area contributed by atoms with Gasteiger partial charge in [0.1, 0.15) is 11.6 Å². The first-order valence-corrected chi connectivity index (χ1v) is 12.1. The standard InChI is InChI=1S/C27H34N4O5/c1-18(2)22(31-24(33)20-11-6-7-12-21(20)25(31)34)23(32)29-14-9-15-30(26(35)36-27(3,4)5)17-19-10-8-13-28-16-19/h6-8,10-13,16,18,22H,9,14-15,17H2,1-5H3,(H,29,32). The maximum atomic E-state index is 13.1. The number of nitrogens with one attached hydrogen (secondary N) is 1. The lowest BCUT2D eigenvalue weighted by Gasteiger charge is -2.29. The fourth-order valence-corrected chi connectivity index (χ4v) is 4.04. The Morgan fingerprint density at radius 3 is 2.22 bits per heavy atom. The number of pyridine rings is 1. The van der Waals surface area contributed by atoms with E-state index in [2.05, 4.69) is 10.3 Å². The zero-order valence-electron chi connectivity index (χ0n) is 21.5. The van der Waals surface area contributed by atoms with Crippen LogP contribution in [-0.4, -0.2) is 63.3 Å². The Morgan fingerprint density at radius 1 is 1.06 bits per heavy atom. The highest BCUT2D eigenvalue weighted by atomic mass is 16.6. The molecular weight excluding hydrogens is 460 g/mol. The van der Waals surface area contributed by atoms with Crippen LogP contribution >= 0.6 is 0 Å². The first-order valence-electron chi connectivity index (χ1n) is 12.1. The van der Waals surface area contributed by atoms with Gasteiger partial charge in [-0.25, -0.2) is 4.79 Å². The van der Waals surface area contributed by atoms with Crippen molar-refractivity contribution in [2.75, 3.05) is 13.1 Å². The summed E-state index contributed by atoms with van der Waals surface area (Å²) in [5.74, 6) is -1.61. The van der Waals surface area contributed by atoms with Crippen molar-refractivity contribution >= 4 is 23.8 Å². The quantitative estimate of drug-likeness (QED) is 0.421. The number of ether oxygens (including phenoxy) is 1. The van der Waals surface area contributed by atoms with Crippen molar-refractivity contribution in [3.8, 4) is 0 Å². The third-order valence-electron chi connectivity index (χ3n) is 5.66. The van der Waals surface area contributed by atoms with Gasteiger partial charge in [-0.15, -0.1) is 0 Å². The highest BCUT2D eigenvalue weighted by molar-refractivity contribution is 6.22. The highest BCUT2D eigenvalue weighted by Crippen LogP contribution is 2.27.